The predicted octanol–water partition coefficient (Wildman–Crippen LogP) is 2.48. The second-order valence-corrected chi connectivity index (χ2v) is 2.97. The summed E-state index contributed by atoms with van der Waals surface area (Å²) in [5.74, 6) is 0. The molecule has 0 amide bonds. The van der Waals surface area contributed by atoms with E-state index in [2.05, 4.69) is 15.9 Å². The first-order valence-corrected chi connectivity index (χ1v) is 4.96. The van der Waals surface area contributed by atoms with Gasteiger partial charge < -0.3 is 4.74 Å². The summed E-state index contributed by atoms with van der Waals surface area (Å²) in [5.41, 5.74) is 0.179. The zero-order chi connectivity index (χ0) is 10.1. The summed E-state index contributed by atoms with van der Waals surface area (Å²) in [4.78, 5) is 9.91. The van der Waals surface area contributed by atoms with E-state index in [1.165, 1.54) is 12.3 Å². The van der Waals surface area contributed by atoms with Crippen LogP contribution in [0.1, 0.15) is 13.3 Å². The molecule has 5 heteroatoms. The SMILES string of the molecule is C/C=C(\CC=COCCBr)[N+](=O)[O-]. The van der Waals surface area contributed by atoms with E-state index in [1.54, 1.807) is 13.0 Å². The molecule has 0 rings (SSSR count). The summed E-state index contributed by atoms with van der Waals surface area (Å²) >= 11 is 3.19. The first-order chi connectivity index (χ1) is 6.22. The Hall–Kier alpha value is -0.840. The van der Waals surface area contributed by atoms with Gasteiger partial charge in [-0.05, 0) is 19.1 Å². The maximum Gasteiger partial charge on any atom is 0.245 e. The van der Waals surface area contributed by atoms with Crippen molar-refractivity contribution in [3.8, 4) is 0 Å². The molecule has 0 aliphatic heterocycles. The third-order valence-corrected chi connectivity index (χ3v) is 1.61. The molecule has 0 spiro atoms. The number of ether oxygens (including phenoxy) is 1. The van der Waals surface area contributed by atoms with Crippen molar-refractivity contribution in [1.82, 2.24) is 0 Å². The van der Waals surface area contributed by atoms with Crippen LogP contribution in [0.5, 0.6) is 0 Å². The van der Waals surface area contributed by atoms with Gasteiger partial charge in [-0.1, -0.05) is 15.9 Å². The first-order valence-electron chi connectivity index (χ1n) is 3.84. The Morgan fingerprint density at radius 2 is 2.38 bits per heavy atom. The molecule has 0 radical (unpaired) electrons. The van der Waals surface area contributed by atoms with Crippen LogP contribution in [-0.4, -0.2) is 16.9 Å². The van der Waals surface area contributed by atoms with Gasteiger partial charge in [0.1, 0.15) is 0 Å². The molecule has 0 unspecified atom stereocenters. The van der Waals surface area contributed by atoms with E-state index in [0.29, 0.717) is 13.0 Å². The molecule has 0 aromatic heterocycles. The normalized spacial score (nSPS) is 12.0. The van der Waals surface area contributed by atoms with Gasteiger partial charge >= 0.3 is 0 Å². The Balaban J connectivity index is 3.73. The molecule has 0 N–H and O–H groups in total. The van der Waals surface area contributed by atoms with E-state index in [0.717, 1.165) is 5.33 Å². The Morgan fingerprint density at radius 3 is 2.85 bits per heavy atom. The molecule has 0 aliphatic rings. The van der Waals surface area contributed by atoms with Crippen LogP contribution in [0, 0.1) is 10.1 Å². The van der Waals surface area contributed by atoms with Gasteiger partial charge in [-0.3, -0.25) is 10.1 Å². The topological polar surface area (TPSA) is 52.4 Å². The van der Waals surface area contributed by atoms with E-state index >= 15 is 0 Å². The summed E-state index contributed by atoms with van der Waals surface area (Å²) in [7, 11) is 0. The highest BCUT2D eigenvalue weighted by Crippen LogP contribution is 2.02. The van der Waals surface area contributed by atoms with Crippen LogP contribution in [0.2, 0.25) is 0 Å². The van der Waals surface area contributed by atoms with Gasteiger partial charge in [0.15, 0.2) is 0 Å². The van der Waals surface area contributed by atoms with Crippen molar-refractivity contribution in [3.05, 3.63) is 34.2 Å². The summed E-state index contributed by atoms with van der Waals surface area (Å²) in [6.07, 6.45) is 4.88. The molecule has 0 aliphatic carbocycles. The van der Waals surface area contributed by atoms with Gasteiger partial charge in [0, 0.05) is 5.33 Å². The molecule has 0 atom stereocenters. The third kappa shape index (κ3) is 6.33. The quantitative estimate of drug-likeness (QED) is 0.239. The fraction of sp³-hybridized carbons (Fsp3) is 0.500. The molecule has 0 fully saturated rings. The molecular weight excluding hydrogens is 238 g/mol. The lowest BCUT2D eigenvalue weighted by Crippen LogP contribution is -1.96. The second-order valence-electron chi connectivity index (χ2n) is 2.17. The monoisotopic (exact) mass is 249 g/mol. The fourth-order valence-electron chi connectivity index (χ4n) is 0.647. The Bertz CT molecular complexity index is 213. The number of rotatable bonds is 6. The molecule has 13 heavy (non-hydrogen) atoms. The van der Waals surface area contributed by atoms with Gasteiger partial charge in [-0.15, -0.1) is 0 Å². The van der Waals surface area contributed by atoms with E-state index in [-0.39, 0.29) is 5.70 Å². The highest BCUT2D eigenvalue weighted by Gasteiger charge is 2.04. The summed E-state index contributed by atoms with van der Waals surface area (Å²) in [6.45, 7) is 2.21. The molecule has 0 aromatic carbocycles. The maximum atomic E-state index is 10.3. The fourth-order valence-corrected chi connectivity index (χ4v) is 0.834. The molecule has 0 saturated heterocycles. The molecule has 74 valence electrons. The molecule has 0 saturated carbocycles. The zero-order valence-electron chi connectivity index (χ0n) is 7.40. The maximum absolute atomic E-state index is 10.3. The van der Waals surface area contributed by atoms with Crippen molar-refractivity contribution < 1.29 is 9.66 Å². The molecular formula is C8H12BrNO3. The van der Waals surface area contributed by atoms with Gasteiger partial charge in [0.2, 0.25) is 5.70 Å². The lowest BCUT2D eigenvalue weighted by Gasteiger charge is -1.94. The summed E-state index contributed by atoms with van der Waals surface area (Å²) in [5, 5.41) is 11.1. The van der Waals surface area contributed by atoms with Crippen LogP contribution < -0.4 is 0 Å². The molecule has 0 heterocycles. The molecule has 4 nitrogen and oxygen atoms in total. The van der Waals surface area contributed by atoms with E-state index in [9.17, 15) is 10.1 Å². The summed E-state index contributed by atoms with van der Waals surface area (Å²) in [6, 6.07) is 0. The Kier molecular flexibility index (Phi) is 7.29. The van der Waals surface area contributed by atoms with Crippen molar-refractivity contribution in [3.63, 3.8) is 0 Å². The van der Waals surface area contributed by atoms with Crippen LogP contribution in [-0.2, 0) is 4.74 Å². The van der Waals surface area contributed by atoms with Crippen molar-refractivity contribution in [2.45, 2.75) is 13.3 Å². The first kappa shape index (κ1) is 12.2. The van der Waals surface area contributed by atoms with Crippen molar-refractivity contribution in [2.75, 3.05) is 11.9 Å². The number of hydrogen-bond acceptors (Lipinski definition) is 3. The van der Waals surface area contributed by atoms with E-state index in [4.69, 9.17) is 4.74 Å². The lowest BCUT2D eigenvalue weighted by atomic mass is 10.3. The Morgan fingerprint density at radius 1 is 1.69 bits per heavy atom. The summed E-state index contributed by atoms with van der Waals surface area (Å²) < 4.78 is 4.98. The highest BCUT2D eigenvalue weighted by molar-refractivity contribution is 9.09. The third-order valence-electron chi connectivity index (χ3n) is 1.28. The predicted molar refractivity (Wildman–Crippen MR) is 54.3 cm³/mol. The average Bonchev–Trinajstić information content (AvgIpc) is 2.10. The van der Waals surface area contributed by atoms with Crippen LogP contribution in [0.3, 0.4) is 0 Å². The van der Waals surface area contributed by atoms with Crippen molar-refractivity contribution in [2.24, 2.45) is 0 Å². The minimum Gasteiger partial charge on any atom is -0.501 e. The van der Waals surface area contributed by atoms with E-state index in [1.807, 2.05) is 0 Å². The minimum atomic E-state index is -0.394. The Labute approximate surface area is 85.5 Å². The van der Waals surface area contributed by atoms with Gasteiger partial charge in [0.05, 0.1) is 24.2 Å². The van der Waals surface area contributed by atoms with Gasteiger partial charge in [-0.25, -0.2) is 0 Å². The number of nitro groups is 1. The van der Waals surface area contributed by atoms with Crippen molar-refractivity contribution in [1.29, 1.82) is 0 Å². The largest absolute Gasteiger partial charge is 0.501 e. The number of nitrogens with zero attached hydrogens (tertiary/aromatic N) is 1. The average molecular weight is 250 g/mol. The minimum absolute atomic E-state index is 0.179. The van der Waals surface area contributed by atoms with Crippen LogP contribution in [0.15, 0.2) is 24.1 Å². The zero-order valence-corrected chi connectivity index (χ0v) is 8.99. The van der Waals surface area contributed by atoms with Crippen molar-refractivity contribution >= 4 is 15.9 Å². The van der Waals surface area contributed by atoms with Gasteiger partial charge in [0.25, 0.3) is 0 Å². The lowest BCUT2D eigenvalue weighted by molar-refractivity contribution is -0.426. The van der Waals surface area contributed by atoms with Crippen LogP contribution in [0.25, 0.3) is 0 Å². The van der Waals surface area contributed by atoms with Crippen LogP contribution in [0.4, 0.5) is 0 Å². The van der Waals surface area contributed by atoms with Gasteiger partial charge in [-0.2, -0.15) is 0 Å². The number of hydrogen-bond donors (Lipinski definition) is 0. The number of allylic oxidation sites excluding steroid dienone is 2. The standard InChI is InChI=1S/C8H12BrNO3/c1-2-8(10(11)12)4-3-6-13-7-5-9/h2-3,6H,4-5,7H2,1H3/b6-3?,8-2+. The number of halogens is 1. The second kappa shape index (κ2) is 7.79. The smallest absolute Gasteiger partial charge is 0.245 e. The van der Waals surface area contributed by atoms with Crippen LogP contribution >= 0.6 is 15.9 Å². The highest BCUT2D eigenvalue weighted by atomic mass is 79.9. The molecule has 0 bridgehead atoms. The molecule has 0 aromatic rings. The van der Waals surface area contributed by atoms with E-state index < -0.39 is 4.92 Å². The number of alkyl halides is 1.